The molecule has 1 aromatic carbocycles. The fourth-order valence-electron chi connectivity index (χ4n) is 3.57. The van der Waals surface area contributed by atoms with Gasteiger partial charge in [-0.3, -0.25) is 14.0 Å². The van der Waals surface area contributed by atoms with Gasteiger partial charge in [-0.2, -0.15) is 5.10 Å². The maximum Gasteiger partial charge on any atom is 0.261 e. The van der Waals surface area contributed by atoms with Gasteiger partial charge in [0, 0.05) is 30.9 Å². The minimum absolute atomic E-state index is 0.00792. The summed E-state index contributed by atoms with van der Waals surface area (Å²) in [6, 6.07) is 5.77. The summed E-state index contributed by atoms with van der Waals surface area (Å²) in [7, 11) is 1.76. The van der Waals surface area contributed by atoms with Crippen LogP contribution in [0.3, 0.4) is 0 Å². The Morgan fingerprint density at radius 2 is 2.08 bits per heavy atom. The van der Waals surface area contributed by atoms with E-state index in [1.807, 2.05) is 36.0 Å². The molecule has 1 aliphatic rings. The highest BCUT2D eigenvalue weighted by Gasteiger charge is 2.15. The van der Waals surface area contributed by atoms with Crippen LogP contribution in [-0.2, 0) is 13.6 Å². The summed E-state index contributed by atoms with van der Waals surface area (Å²) in [6.07, 6.45) is 6.34. The number of para-hydroxylation sites is 1. The van der Waals surface area contributed by atoms with E-state index in [-0.39, 0.29) is 5.56 Å². The van der Waals surface area contributed by atoms with Crippen molar-refractivity contribution in [2.45, 2.75) is 26.3 Å². The molecule has 0 amide bonds. The third-order valence-electron chi connectivity index (χ3n) is 5.18. The quantitative estimate of drug-likeness (QED) is 0.795. The smallest absolute Gasteiger partial charge is 0.261 e. The molecule has 6 heteroatoms. The van der Waals surface area contributed by atoms with Crippen molar-refractivity contribution in [3.05, 3.63) is 46.8 Å². The van der Waals surface area contributed by atoms with Gasteiger partial charge in [-0.1, -0.05) is 12.1 Å². The summed E-state index contributed by atoms with van der Waals surface area (Å²) >= 11 is 0. The van der Waals surface area contributed by atoms with Crippen LogP contribution < -0.4 is 10.9 Å². The van der Waals surface area contributed by atoms with Crippen LogP contribution >= 0.6 is 0 Å². The molecule has 0 unspecified atom stereocenters. The summed E-state index contributed by atoms with van der Waals surface area (Å²) in [5, 5.41) is 8.59. The van der Waals surface area contributed by atoms with Crippen molar-refractivity contribution >= 4 is 10.9 Å². The zero-order valence-corrected chi connectivity index (χ0v) is 14.7. The minimum atomic E-state index is -0.00792. The molecule has 1 fully saturated rings. The highest BCUT2D eigenvalue weighted by atomic mass is 16.1. The second-order valence-corrected chi connectivity index (χ2v) is 6.87. The topological polar surface area (TPSA) is 64.7 Å². The molecule has 2 aromatic heterocycles. The van der Waals surface area contributed by atoms with Crippen molar-refractivity contribution in [3.63, 3.8) is 0 Å². The molecule has 1 aliphatic heterocycles. The Labute approximate surface area is 146 Å². The van der Waals surface area contributed by atoms with Gasteiger partial charge < -0.3 is 5.32 Å². The molecule has 25 heavy (non-hydrogen) atoms. The van der Waals surface area contributed by atoms with Crippen LogP contribution in [-0.4, -0.2) is 32.4 Å². The normalized spacial score (nSPS) is 15.8. The van der Waals surface area contributed by atoms with Crippen molar-refractivity contribution in [2.24, 2.45) is 13.0 Å². The van der Waals surface area contributed by atoms with Crippen molar-refractivity contribution in [3.8, 4) is 11.1 Å². The first-order chi connectivity index (χ1) is 12.1. The van der Waals surface area contributed by atoms with Crippen molar-refractivity contribution in [1.82, 2.24) is 24.6 Å². The predicted molar refractivity (Wildman–Crippen MR) is 98.5 cm³/mol. The highest BCUT2D eigenvalue weighted by molar-refractivity contribution is 5.92. The largest absolute Gasteiger partial charge is 0.317 e. The number of nitrogens with one attached hydrogen (secondary N) is 1. The van der Waals surface area contributed by atoms with E-state index in [2.05, 4.69) is 21.6 Å². The number of hydrogen-bond donors (Lipinski definition) is 1. The Balaban J connectivity index is 1.71. The Hall–Kier alpha value is -2.47. The lowest BCUT2D eigenvalue weighted by Crippen LogP contribution is -2.29. The monoisotopic (exact) mass is 337 g/mol. The average molecular weight is 337 g/mol. The van der Waals surface area contributed by atoms with Gasteiger partial charge in [0.1, 0.15) is 5.82 Å². The van der Waals surface area contributed by atoms with Crippen molar-refractivity contribution in [1.29, 1.82) is 0 Å². The lowest BCUT2D eigenvalue weighted by Gasteiger charge is -2.22. The fraction of sp³-hybridized carbons (Fsp3) is 0.421. The third-order valence-corrected chi connectivity index (χ3v) is 5.18. The molecule has 0 radical (unpaired) electrons. The summed E-state index contributed by atoms with van der Waals surface area (Å²) in [5.41, 5.74) is 2.73. The van der Waals surface area contributed by atoms with Gasteiger partial charge in [0.25, 0.3) is 5.56 Å². The van der Waals surface area contributed by atoms with Gasteiger partial charge >= 0.3 is 0 Å². The van der Waals surface area contributed by atoms with Crippen LogP contribution in [0.5, 0.6) is 0 Å². The molecule has 0 saturated carbocycles. The second-order valence-electron chi connectivity index (χ2n) is 6.87. The molecule has 3 aromatic rings. The Morgan fingerprint density at radius 3 is 2.88 bits per heavy atom. The van der Waals surface area contributed by atoms with E-state index < -0.39 is 0 Å². The lowest BCUT2D eigenvalue weighted by atomic mass is 9.98. The number of aromatic nitrogens is 4. The van der Waals surface area contributed by atoms with E-state index in [0.29, 0.717) is 17.1 Å². The number of nitrogens with zero attached hydrogens (tertiary/aromatic N) is 4. The molecule has 1 saturated heterocycles. The van der Waals surface area contributed by atoms with Gasteiger partial charge in [0.15, 0.2) is 0 Å². The van der Waals surface area contributed by atoms with Gasteiger partial charge in [-0.15, -0.1) is 0 Å². The molecule has 3 heterocycles. The summed E-state index contributed by atoms with van der Waals surface area (Å²) in [4.78, 5) is 17.2. The summed E-state index contributed by atoms with van der Waals surface area (Å²) in [5.74, 6) is 1.39. The Kier molecular flexibility index (Phi) is 4.13. The first-order valence-electron chi connectivity index (χ1n) is 8.83. The Morgan fingerprint density at radius 1 is 1.28 bits per heavy atom. The lowest BCUT2D eigenvalue weighted by molar-refractivity contribution is 0.321. The van der Waals surface area contributed by atoms with Gasteiger partial charge in [0.2, 0.25) is 0 Å². The molecule has 0 spiro atoms. The number of fused-ring (bicyclic) bond motifs is 1. The van der Waals surface area contributed by atoms with E-state index >= 15 is 0 Å². The van der Waals surface area contributed by atoms with E-state index in [1.165, 1.54) is 12.8 Å². The molecule has 4 rings (SSSR count). The average Bonchev–Trinajstić information content (AvgIpc) is 3.08. The molecule has 1 N–H and O–H groups in total. The first-order valence-corrected chi connectivity index (χ1v) is 8.83. The molecule has 0 atom stereocenters. The number of piperidine rings is 1. The van der Waals surface area contributed by atoms with E-state index in [1.54, 1.807) is 11.6 Å². The molecular formula is C19H23N5O. The molecule has 130 valence electrons. The van der Waals surface area contributed by atoms with Crippen LogP contribution in [0.25, 0.3) is 22.0 Å². The standard InChI is InChI=1S/C19H23N5O/c1-13-22-18-16(4-3-5-17(18)19(25)23(13)2)15-10-21-24(12-15)11-14-6-8-20-9-7-14/h3-5,10,12,14,20H,6-9,11H2,1-2H3. The van der Waals surface area contributed by atoms with Gasteiger partial charge in [0.05, 0.1) is 17.1 Å². The number of hydrogen-bond acceptors (Lipinski definition) is 4. The van der Waals surface area contributed by atoms with Crippen LogP contribution in [0, 0.1) is 12.8 Å². The van der Waals surface area contributed by atoms with Crippen LogP contribution in [0.4, 0.5) is 0 Å². The molecule has 0 aliphatic carbocycles. The molecule has 6 nitrogen and oxygen atoms in total. The summed E-state index contributed by atoms with van der Waals surface area (Å²) < 4.78 is 3.62. The Bertz CT molecular complexity index is 966. The van der Waals surface area contributed by atoms with Crippen molar-refractivity contribution in [2.75, 3.05) is 13.1 Å². The number of rotatable bonds is 3. The molecule has 0 bridgehead atoms. The SMILES string of the molecule is Cc1nc2c(-c3cnn(CC4CCNCC4)c3)cccc2c(=O)n1C. The van der Waals surface area contributed by atoms with Crippen molar-refractivity contribution < 1.29 is 0 Å². The zero-order chi connectivity index (χ0) is 17.4. The van der Waals surface area contributed by atoms with Gasteiger partial charge in [-0.25, -0.2) is 4.98 Å². The zero-order valence-electron chi connectivity index (χ0n) is 14.7. The van der Waals surface area contributed by atoms with E-state index in [0.717, 1.165) is 36.3 Å². The van der Waals surface area contributed by atoms with E-state index in [9.17, 15) is 4.79 Å². The highest BCUT2D eigenvalue weighted by Crippen LogP contribution is 2.26. The predicted octanol–water partition coefficient (Wildman–Crippen LogP) is 2.11. The van der Waals surface area contributed by atoms with Crippen LogP contribution in [0.1, 0.15) is 18.7 Å². The van der Waals surface area contributed by atoms with Crippen LogP contribution in [0.15, 0.2) is 35.4 Å². The number of aryl methyl sites for hydroxylation is 1. The third kappa shape index (κ3) is 2.98. The van der Waals surface area contributed by atoms with Gasteiger partial charge in [-0.05, 0) is 44.8 Å². The molecular weight excluding hydrogens is 314 g/mol. The number of benzene rings is 1. The van der Waals surface area contributed by atoms with E-state index in [4.69, 9.17) is 0 Å². The maximum absolute atomic E-state index is 12.5. The first kappa shape index (κ1) is 16.0. The minimum Gasteiger partial charge on any atom is -0.317 e. The summed E-state index contributed by atoms with van der Waals surface area (Å²) in [6.45, 7) is 4.99. The second kappa shape index (κ2) is 6.44. The fourth-order valence-corrected chi connectivity index (χ4v) is 3.57. The van der Waals surface area contributed by atoms with Crippen LogP contribution in [0.2, 0.25) is 0 Å². The maximum atomic E-state index is 12.5.